The maximum Gasteiger partial charge on any atom is 0.311 e. The Bertz CT molecular complexity index is 1500. The molecule has 0 saturated carbocycles. The van der Waals surface area contributed by atoms with Crippen molar-refractivity contribution >= 4 is 11.7 Å². The summed E-state index contributed by atoms with van der Waals surface area (Å²) in [5.41, 5.74) is -3.29. The minimum absolute atomic E-state index is 0.00993. The fourth-order valence-electron chi connectivity index (χ4n) is 9.16. The third-order valence-corrected chi connectivity index (χ3v) is 13.1. The zero-order valence-electron chi connectivity index (χ0n) is 38.2. The Kier molecular flexibility index (Phi) is 19.0. The van der Waals surface area contributed by atoms with Crippen molar-refractivity contribution in [1.29, 1.82) is 0 Å². The van der Waals surface area contributed by atoms with Crippen LogP contribution in [0.5, 0.6) is 0 Å². The van der Waals surface area contributed by atoms with Crippen LogP contribution < -0.4 is 10.6 Å². The lowest BCUT2D eigenvalue weighted by Crippen LogP contribution is -2.60. The second-order valence-corrected chi connectivity index (χ2v) is 18.4. The molecule has 0 aromatic carbocycles. The van der Waals surface area contributed by atoms with Gasteiger partial charge in [-0.15, -0.1) is 0 Å². The van der Waals surface area contributed by atoms with Crippen molar-refractivity contribution in [3.05, 3.63) is 24.2 Å². The Hall–Kier alpha value is -2.26. The van der Waals surface area contributed by atoms with Crippen LogP contribution in [-0.4, -0.2) is 149 Å². The number of nitrogens with one attached hydrogen (secondary N) is 2. The lowest BCUT2D eigenvalue weighted by atomic mass is 9.73. The van der Waals surface area contributed by atoms with E-state index in [4.69, 9.17) is 37.7 Å². The second-order valence-electron chi connectivity index (χ2n) is 18.4. The van der Waals surface area contributed by atoms with Gasteiger partial charge in [0.15, 0.2) is 12.6 Å². The zero-order chi connectivity index (χ0) is 45.3. The van der Waals surface area contributed by atoms with Crippen molar-refractivity contribution in [2.45, 2.75) is 186 Å². The molecule has 0 unspecified atom stereocenters. The Morgan fingerprint density at radius 2 is 1.61 bits per heavy atom. The fraction of sp³-hybridized carbons (Fsp3) is 0.864. The van der Waals surface area contributed by atoms with Gasteiger partial charge in [0.2, 0.25) is 0 Å². The van der Waals surface area contributed by atoms with Crippen molar-refractivity contribution < 1.29 is 68.0 Å². The molecule has 0 aliphatic carbocycles. The van der Waals surface area contributed by atoms with Crippen molar-refractivity contribution in [3.8, 4) is 0 Å². The third-order valence-electron chi connectivity index (χ3n) is 13.1. The number of aliphatic hydroxyl groups excluding tert-OH is 3. The average molecular weight is 872 g/mol. The molecule has 0 bridgehead atoms. The molecule has 61 heavy (non-hydrogen) atoms. The summed E-state index contributed by atoms with van der Waals surface area (Å²) in [4.78, 5) is 20.2. The number of cyclic esters (lactones) is 1. The lowest BCUT2D eigenvalue weighted by Gasteiger charge is -2.48. The Morgan fingerprint density at radius 1 is 0.902 bits per heavy atom. The summed E-state index contributed by atoms with van der Waals surface area (Å²) in [6.07, 6.45) is -5.16. The van der Waals surface area contributed by atoms with Gasteiger partial charge in [-0.05, 0) is 73.3 Å². The predicted molar refractivity (Wildman–Crippen MR) is 225 cm³/mol. The molecule has 17 heteroatoms. The summed E-state index contributed by atoms with van der Waals surface area (Å²) < 4.78 is 42.5. The van der Waals surface area contributed by atoms with Crippen LogP contribution in [0.15, 0.2) is 28.2 Å². The molecule has 352 valence electrons. The van der Waals surface area contributed by atoms with Gasteiger partial charge in [0, 0.05) is 63.0 Å². The molecule has 3 aliphatic heterocycles. The van der Waals surface area contributed by atoms with Crippen molar-refractivity contribution in [2.24, 2.45) is 28.8 Å². The molecule has 0 spiro atoms. The SMILES string of the molecule is CC[C@H]1OC(=O)[C@H](C)[C@@H](O[C@H]2C[C@@](C)(OC)[C@H](O)[C@H](C)O2)[C@H](C)[C@H](O[C@@H]2O[C@H](C)CC[C@@H]2O)[C@](C)(O)C[C@@H](C)/C(=N\OCCNCCNCc2ccoc2)[C@H](C)[C@H](O)[C@]1(C)O. The van der Waals surface area contributed by atoms with Crippen LogP contribution >= 0.6 is 0 Å². The monoisotopic (exact) mass is 872 g/mol. The third kappa shape index (κ3) is 13.2. The quantitative estimate of drug-likeness (QED) is 0.0763. The molecule has 1 aromatic heterocycles. The van der Waals surface area contributed by atoms with E-state index >= 15 is 0 Å². The van der Waals surface area contributed by atoms with Crippen LogP contribution in [0.4, 0.5) is 0 Å². The van der Waals surface area contributed by atoms with Crippen molar-refractivity contribution in [1.82, 2.24) is 10.6 Å². The number of carbonyl (C=O) groups is 1. The first kappa shape index (κ1) is 51.4. The van der Waals surface area contributed by atoms with E-state index in [-0.39, 0.29) is 32.0 Å². The number of furan rings is 1. The van der Waals surface area contributed by atoms with Gasteiger partial charge in [0.25, 0.3) is 0 Å². The van der Waals surface area contributed by atoms with Crippen LogP contribution in [0.25, 0.3) is 0 Å². The smallest absolute Gasteiger partial charge is 0.311 e. The molecule has 3 fully saturated rings. The van der Waals surface area contributed by atoms with Gasteiger partial charge >= 0.3 is 5.97 Å². The number of carbonyl (C=O) groups excluding carboxylic acids is 1. The van der Waals surface area contributed by atoms with Crippen LogP contribution in [-0.2, 0) is 44.6 Å². The van der Waals surface area contributed by atoms with E-state index in [0.29, 0.717) is 44.7 Å². The maximum absolute atomic E-state index is 14.3. The van der Waals surface area contributed by atoms with E-state index in [1.165, 1.54) is 14.0 Å². The highest BCUT2D eigenvalue weighted by molar-refractivity contribution is 5.88. The first-order chi connectivity index (χ1) is 28.7. The molecule has 3 aliphatic rings. The number of hydrogen-bond donors (Lipinski definition) is 7. The van der Waals surface area contributed by atoms with E-state index in [0.717, 1.165) is 5.56 Å². The number of esters is 1. The lowest BCUT2D eigenvalue weighted by molar-refractivity contribution is -0.314. The van der Waals surface area contributed by atoms with Gasteiger partial charge in [-0.3, -0.25) is 4.79 Å². The van der Waals surface area contributed by atoms with E-state index in [1.54, 1.807) is 61.0 Å². The first-order valence-corrected chi connectivity index (χ1v) is 22.1. The minimum atomic E-state index is -1.95. The molecule has 3 saturated heterocycles. The van der Waals surface area contributed by atoms with Gasteiger partial charge in [-0.1, -0.05) is 32.9 Å². The molecule has 0 radical (unpaired) electrons. The number of nitrogens with zero attached hydrogens (tertiary/aromatic N) is 1. The largest absolute Gasteiger partial charge is 0.472 e. The van der Waals surface area contributed by atoms with Gasteiger partial charge in [0.1, 0.15) is 30.5 Å². The Balaban J connectivity index is 1.69. The first-order valence-electron chi connectivity index (χ1n) is 22.1. The molecule has 4 heterocycles. The van der Waals surface area contributed by atoms with Crippen LogP contribution in [0, 0.1) is 23.7 Å². The summed E-state index contributed by atoms with van der Waals surface area (Å²) in [7, 11) is 1.50. The number of ether oxygens (including phenoxy) is 6. The highest BCUT2D eigenvalue weighted by atomic mass is 16.7. The van der Waals surface area contributed by atoms with E-state index in [1.807, 2.05) is 19.9 Å². The number of aliphatic hydroxyl groups is 5. The van der Waals surface area contributed by atoms with Gasteiger partial charge in [0.05, 0.1) is 65.9 Å². The summed E-state index contributed by atoms with van der Waals surface area (Å²) in [6, 6.07) is 1.90. The van der Waals surface area contributed by atoms with Crippen LogP contribution in [0.2, 0.25) is 0 Å². The molecular weight excluding hydrogens is 794 g/mol. The number of hydrogen-bond acceptors (Lipinski definition) is 17. The topological polar surface area (TPSA) is 232 Å². The van der Waals surface area contributed by atoms with E-state index in [9.17, 15) is 30.3 Å². The molecule has 17 nitrogen and oxygen atoms in total. The summed E-state index contributed by atoms with van der Waals surface area (Å²) in [6.45, 7) is 19.9. The highest BCUT2D eigenvalue weighted by Crippen LogP contribution is 2.41. The number of oxime groups is 1. The van der Waals surface area contributed by atoms with E-state index < -0.39 is 102 Å². The second kappa shape index (κ2) is 22.6. The van der Waals surface area contributed by atoms with Gasteiger partial charge in [-0.25, -0.2) is 0 Å². The Labute approximate surface area is 362 Å². The van der Waals surface area contributed by atoms with E-state index in [2.05, 4.69) is 15.8 Å². The molecule has 1 aromatic rings. The summed E-state index contributed by atoms with van der Waals surface area (Å²) in [5, 5.41) is 69.9. The van der Waals surface area contributed by atoms with Gasteiger partial charge in [-0.2, -0.15) is 0 Å². The Morgan fingerprint density at radius 3 is 2.26 bits per heavy atom. The molecular formula is C44H77N3O14. The van der Waals surface area contributed by atoms with Crippen LogP contribution in [0.1, 0.15) is 107 Å². The fourth-order valence-corrected chi connectivity index (χ4v) is 9.16. The highest BCUT2D eigenvalue weighted by Gasteiger charge is 2.53. The van der Waals surface area contributed by atoms with Crippen molar-refractivity contribution in [2.75, 3.05) is 33.4 Å². The average Bonchev–Trinajstić information content (AvgIpc) is 3.73. The summed E-state index contributed by atoms with van der Waals surface area (Å²) in [5.74, 6) is -3.98. The number of methoxy groups -OCH3 is 1. The maximum atomic E-state index is 14.3. The standard InChI is InChI=1S/C44H77N3O14/c1-12-33-44(10,53)37(49)27(4)35(47-56-20-18-45-16-17-46-23-31-15-19-55-24-31)25(2)21-42(8,52)39(61-41-32(48)14-13-26(3)57-41)28(5)36(29(6)40(51)59-33)60-34-22-43(9,54-11)38(50)30(7)58-34/h15,19,24-30,32-34,36-39,41,45-46,48-50,52-53H,12-14,16-18,20-23H2,1-11H3/b47-35+/t25-,26-,27+,28+,29-,30+,32+,33-,34+,36+,37+,38-,39+,41+,42-,43-,44-/m1/s1. The normalized spacial score (nSPS) is 42.8. The molecule has 17 atom stereocenters. The minimum Gasteiger partial charge on any atom is -0.472 e. The zero-order valence-corrected chi connectivity index (χ0v) is 38.2. The number of rotatable bonds is 15. The predicted octanol–water partition coefficient (Wildman–Crippen LogP) is 3.02. The van der Waals surface area contributed by atoms with Gasteiger partial charge < -0.3 is 73.8 Å². The molecule has 0 amide bonds. The van der Waals surface area contributed by atoms with Crippen molar-refractivity contribution in [3.63, 3.8) is 0 Å². The molecule has 7 N–H and O–H groups in total. The summed E-state index contributed by atoms with van der Waals surface area (Å²) >= 11 is 0. The van der Waals surface area contributed by atoms with Crippen LogP contribution in [0.3, 0.4) is 0 Å². The molecule has 4 rings (SSSR count).